The molecule has 4 aromatic rings. The number of hydrogen-bond donors (Lipinski definition) is 1. The summed E-state index contributed by atoms with van der Waals surface area (Å²) in [6.45, 7) is 3.68. The van der Waals surface area contributed by atoms with Crippen LogP contribution >= 0.6 is 0 Å². The number of carbonyl (C=O) groups is 1. The van der Waals surface area contributed by atoms with E-state index in [4.69, 9.17) is 0 Å². The number of carbonyl (C=O) groups excluding carboxylic acids is 1. The van der Waals surface area contributed by atoms with E-state index in [1.165, 1.54) is 4.57 Å². The molecule has 204 valence electrons. The highest BCUT2D eigenvalue weighted by atomic mass is 19.4. The van der Waals surface area contributed by atoms with E-state index in [1.54, 1.807) is 7.05 Å². The maximum Gasteiger partial charge on any atom is 0.416 e. The predicted octanol–water partition coefficient (Wildman–Crippen LogP) is 6.83. The van der Waals surface area contributed by atoms with Gasteiger partial charge in [0.05, 0.1) is 11.1 Å². The van der Waals surface area contributed by atoms with Crippen LogP contribution in [0.5, 0.6) is 0 Å². The third kappa shape index (κ3) is 5.69. The second kappa shape index (κ2) is 10.2. The van der Waals surface area contributed by atoms with Gasteiger partial charge in [0.1, 0.15) is 0 Å². The number of alkyl halides is 6. The van der Waals surface area contributed by atoms with E-state index in [2.05, 4.69) is 5.32 Å². The molecule has 1 heterocycles. The van der Waals surface area contributed by atoms with E-state index in [1.807, 2.05) is 56.3 Å². The lowest BCUT2D eigenvalue weighted by Gasteiger charge is -2.19. The van der Waals surface area contributed by atoms with Crippen molar-refractivity contribution in [1.29, 1.82) is 0 Å². The van der Waals surface area contributed by atoms with Gasteiger partial charge in [-0.2, -0.15) is 26.3 Å². The molecule has 1 amide bonds. The third-order valence-electron chi connectivity index (χ3n) is 6.69. The first-order chi connectivity index (χ1) is 18.2. The summed E-state index contributed by atoms with van der Waals surface area (Å²) in [5.41, 5.74) is -0.134. The van der Waals surface area contributed by atoms with E-state index >= 15 is 0 Å². The molecule has 0 unspecified atom stereocenters. The van der Waals surface area contributed by atoms with Crippen molar-refractivity contribution in [1.82, 2.24) is 9.88 Å². The Morgan fingerprint density at radius 3 is 1.90 bits per heavy atom. The smallest absolute Gasteiger partial charge is 0.352 e. The summed E-state index contributed by atoms with van der Waals surface area (Å²) in [6, 6.07) is 13.7. The van der Waals surface area contributed by atoms with Crippen LogP contribution in [0.2, 0.25) is 0 Å². The molecule has 0 saturated heterocycles. The molecule has 0 bridgehead atoms. The molecule has 39 heavy (non-hydrogen) atoms. The molecular weight excluding hydrogens is 522 g/mol. The van der Waals surface area contributed by atoms with Gasteiger partial charge in [0.15, 0.2) is 0 Å². The molecule has 1 N–H and O–H groups in total. The number of rotatable bonds is 5. The maximum atomic E-state index is 13.2. The summed E-state index contributed by atoms with van der Waals surface area (Å²) in [4.78, 5) is 25.9. The number of hydrogen-bond acceptors (Lipinski definition) is 2. The van der Waals surface area contributed by atoms with Gasteiger partial charge in [-0.15, -0.1) is 0 Å². The molecule has 0 atom stereocenters. The monoisotopic (exact) mass is 546 g/mol. The topological polar surface area (TPSA) is 51.1 Å². The summed E-state index contributed by atoms with van der Waals surface area (Å²) in [6.07, 6.45) is -10.0. The van der Waals surface area contributed by atoms with Crippen molar-refractivity contribution in [3.8, 4) is 11.1 Å². The Balaban J connectivity index is 1.72. The molecule has 0 aliphatic carbocycles. The lowest BCUT2D eigenvalue weighted by Crippen LogP contribution is -2.29. The second-order valence-corrected chi connectivity index (χ2v) is 9.33. The van der Waals surface area contributed by atoms with Crippen molar-refractivity contribution in [3.63, 3.8) is 0 Å². The van der Waals surface area contributed by atoms with Crippen LogP contribution in [0.25, 0.3) is 21.9 Å². The first-order valence-electron chi connectivity index (χ1n) is 11.9. The Hall–Kier alpha value is -4.08. The number of nitrogens with one attached hydrogen (secondary N) is 1. The van der Waals surface area contributed by atoms with E-state index in [-0.39, 0.29) is 24.6 Å². The van der Waals surface area contributed by atoms with Gasteiger partial charge in [-0.25, -0.2) is 0 Å². The normalized spacial score (nSPS) is 12.1. The van der Waals surface area contributed by atoms with E-state index in [9.17, 15) is 35.9 Å². The van der Waals surface area contributed by atoms with E-state index in [0.29, 0.717) is 28.6 Å². The molecule has 0 radical (unpaired) electrons. The second-order valence-electron chi connectivity index (χ2n) is 9.33. The van der Waals surface area contributed by atoms with Gasteiger partial charge < -0.3 is 9.88 Å². The molecule has 0 aliphatic heterocycles. The zero-order valence-corrected chi connectivity index (χ0v) is 21.2. The fraction of sp³-hybridized carbons (Fsp3) is 0.241. The minimum atomic E-state index is -5.07. The Labute approximate surface area is 219 Å². The Bertz CT molecular complexity index is 1590. The number of aromatic nitrogens is 1. The molecule has 0 aliphatic rings. The zero-order chi connectivity index (χ0) is 28.7. The van der Waals surface area contributed by atoms with Crippen molar-refractivity contribution < 1.29 is 31.1 Å². The first kappa shape index (κ1) is 27.9. The number of amides is 1. The van der Waals surface area contributed by atoms with Crippen molar-refractivity contribution in [2.75, 3.05) is 6.54 Å². The summed E-state index contributed by atoms with van der Waals surface area (Å²) >= 11 is 0. The first-order valence-corrected chi connectivity index (χ1v) is 11.9. The molecule has 0 spiro atoms. The minimum Gasteiger partial charge on any atom is -0.352 e. The SMILES string of the molecule is Cc1cc2c(-c3ccccc3)c(CCNC(=O)c3cc(C(F)(F)F)cc(C(F)(F)F)c3)n(C)c(=O)c2cc1C. The molecule has 3 aromatic carbocycles. The van der Waals surface area contributed by atoms with Gasteiger partial charge in [0.2, 0.25) is 0 Å². The zero-order valence-electron chi connectivity index (χ0n) is 21.2. The Kier molecular flexibility index (Phi) is 7.34. The molecule has 4 rings (SSSR count). The Morgan fingerprint density at radius 2 is 1.36 bits per heavy atom. The van der Waals surface area contributed by atoms with Crippen LogP contribution < -0.4 is 10.9 Å². The van der Waals surface area contributed by atoms with E-state index < -0.39 is 35.0 Å². The highest BCUT2D eigenvalue weighted by Gasteiger charge is 2.37. The highest BCUT2D eigenvalue weighted by molar-refractivity contribution is 5.98. The third-order valence-corrected chi connectivity index (χ3v) is 6.69. The number of fused-ring (bicyclic) bond motifs is 1. The molecule has 1 aromatic heterocycles. The lowest BCUT2D eigenvalue weighted by atomic mass is 9.93. The number of halogens is 6. The average Bonchev–Trinajstić information content (AvgIpc) is 2.87. The predicted molar refractivity (Wildman–Crippen MR) is 137 cm³/mol. The van der Waals surface area contributed by atoms with Crippen molar-refractivity contribution >= 4 is 16.7 Å². The molecule has 0 saturated carbocycles. The standard InChI is InChI=1S/C29H24F6N2O2/c1-16-11-22-23(12-17(16)2)27(39)37(3)24(25(22)18-7-5-4-6-8-18)9-10-36-26(38)19-13-20(28(30,31)32)15-21(14-19)29(33,34)35/h4-8,11-15H,9-10H2,1-3H3,(H,36,38). The summed E-state index contributed by atoms with van der Waals surface area (Å²) in [5, 5.41) is 3.63. The number of aryl methyl sites for hydroxylation is 2. The van der Waals surface area contributed by atoms with Crippen LogP contribution in [-0.4, -0.2) is 17.0 Å². The van der Waals surface area contributed by atoms with Crippen LogP contribution in [0.1, 0.15) is 38.3 Å². The van der Waals surface area contributed by atoms with Crippen LogP contribution in [0.4, 0.5) is 26.3 Å². The number of nitrogens with zero attached hydrogens (tertiary/aromatic N) is 1. The largest absolute Gasteiger partial charge is 0.416 e. The number of pyridine rings is 1. The quantitative estimate of drug-likeness (QED) is 0.279. The van der Waals surface area contributed by atoms with Crippen LogP contribution in [0.15, 0.2) is 65.5 Å². The van der Waals surface area contributed by atoms with Crippen LogP contribution in [-0.2, 0) is 25.8 Å². The number of benzene rings is 3. The fourth-order valence-corrected chi connectivity index (χ4v) is 4.53. The highest BCUT2D eigenvalue weighted by Crippen LogP contribution is 2.36. The van der Waals surface area contributed by atoms with Crippen molar-refractivity contribution in [2.45, 2.75) is 32.6 Å². The van der Waals surface area contributed by atoms with Gasteiger partial charge in [0, 0.05) is 42.2 Å². The molecule has 10 heteroatoms. The summed E-state index contributed by atoms with van der Waals surface area (Å²) in [7, 11) is 1.59. The summed E-state index contributed by atoms with van der Waals surface area (Å²) < 4.78 is 80.7. The molecular formula is C29H24F6N2O2. The molecule has 4 nitrogen and oxygen atoms in total. The van der Waals surface area contributed by atoms with Crippen molar-refractivity contribution in [2.24, 2.45) is 7.05 Å². The Morgan fingerprint density at radius 1 is 0.821 bits per heavy atom. The van der Waals surface area contributed by atoms with Crippen LogP contribution in [0.3, 0.4) is 0 Å². The van der Waals surface area contributed by atoms with Gasteiger partial charge >= 0.3 is 12.4 Å². The fourth-order valence-electron chi connectivity index (χ4n) is 4.53. The van der Waals surface area contributed by atoms with Gasteiger partial charge in [0.25, 0.3) is 11.5 Å². The molecule has 0 fully saturated rings. The minimum absolute atomic E-state index is 0.0303. The summed E-state index contributed by atoms with van der Waals surface area (Å²) in [5.74, 6) is -1.09. The van der Waals surface area contributed by atoms with Gasteiger partial charge in [-0.1, -0.05) is 36.4 Å². The lowest BCUT2D eigenvalue weighted by molar-refractivity contribution is -0.143. The average molecular weight is 547 g/mol. The maximum absolute atomic E-state index is 13.2. The van der Waals surface area contributed by atoms with E-state index in [0.717, 1.165) is 22.3 Å². The van der Waals surface area contributed by atoms with Crippen molar-refractivity contribution in [3.05, 3.63) is 105 Å². The van der Waals surface area contributed by atoms with Crippen LogP contribution in [0, 0.1) is 13.8 Å². The van der Waals surface area contributed by atoms with Gasteiger partial charge in [-0.05, 0) is 60.2 Å². The van der Waals surface area contributed by atoms with Gasteiger partial charge in [-0.3, -0.25) is 9.59 Å².